The first-order valence-corrected chi connectivity index (χ1v) is 11.9. The number of halogens is 1. The zero-order valence-corrected chi connectivity index (χ0v) is 19.9. The van der Waals surface area contributed by atoms with Crippen LogP contribution in [0.4, 0.5) is 0 Å². The Labute approximate surface area is 201 Å². The van der Waals surface area contributed by atoms with Crippen molar-refractivity contribution in [2.24, 2.45) is 0 Å². The molecule has 6 nitrogen and oxygen atoms in total. The Morgan fingerprint density at radius 2 is 1.82 bits per heavy atom. The van der Waals surface area contributed by atoms with E-state index in [2.05, 4.69) is 22.8 Å². The fourth-order valence-corrected chi connectivity index (χ4v) is 5.61. The average molecular weight is 482 g/mol. The zero-order valence-electron chi connectivity index (χ0n) is 18.4. The fraction of sp³-hybridized carbons (Fsp3) is 0.240. The van der Waals surface area contributed by atoms with E-state index in [1.807, 2.05) is 47.9 Å². The van der Waals surface area contributed by atoms with Gasteiger partial charge in [-0.3, -0.25) is 14.4 Å². The molecule has 3 aromatic rings. The molecule has 0 saturated carbocycles. The van der Waals surface area contributed by atoms with E-state index < -0.39 is 5.91 Å². The van der Waals surface area contributed by atoms with Gasteiger partial charge >= 0.3 is 0 Å². The molecule has 2 amide bonds. The summed E-state index contributed by atoms with van der Waals surface area (Å²) < 4.78 is 1.99. The van der Waals surface area contributed by atoms with Gasteiger partial charge < -0.3 is 15.2 Å². The van der Waals surface area contributed by atoms with E-state index >= 15 is 0 Å². The number of carbonyl (C=O) groups is 2. The molecule has 2 aromatic carbocycles. The highest BCUT2D eigenvalue weighted by molar-refractivity contribution is 7.99. The number of carbonyl (C=O) groups excluding carboxylic acids is 2. The van der Waals surface area contributed by atoms with Crippen LogP contribution in [0.2, 0.25) is 5.02 Å². The topological polar surface area (TPSA) is 80.2 Å². The number of benzene rings is 2. The van der Waals surface area contributed by atoms with Gasteiger partial charge in [0.05, 0.1) is 5.69 Å². The highest BCUT2D eigenvalue weighted by Gasteiger charge is 2.29. The first-order valence-electron chi connectivity index (χ1n) is 10.6. The highest BCUT2D eigenvalue weighted by Crippen LogP contribution is 2.45. The average Bonchev–Trinajstić information content (AvgIpc) is 2.94. The van der Waals surface area contributed by atoms with Gasteiger partial charge in [0, 0.05) is 59.1 Å². The summed E-state index contributed by atoms with van der Waals surface area (Å²) in [6, 6.07) is 17.2. The fourth-order valence-electron chi connectivity index (χ4n) is 4.06. The van der Waals surface area contributed by atoms with Crippen molar-refractivity contribution in [3.63, 3.8) is 0 Å². The number of fused-ring (bicyclic) bond motifs is 3. The molecule has 1 aliphatic rings. The van der Waals surface area contributed by atoms with Crippen molar-refractivity contribution in [2.75, 3.05) is 13.1 Å². The van der Waals surface area contributed by atoms with Crippen LogP contribution in [0.5, 0.6) is 0 Å². The third-order valence-electron chi connectivity index (χ3n) is 5.49. The van der Waals surface area contributed by atoms with E-state index in [0.717, 1.165) is 21.8 Å². The van der Waals surface area contributed by atoms with Gasteiger partial charge in [0.15, 0.2) is 5.43 Å². The van der Waals surface area contributed by atoms with Crippen LogP contribution >= 0.6 is 23.4 Å². The zero-order chi connectivity index (χ0) is 23.5. The molecule has 33 heavy (non-hydrogen) atoms. The standard InChI is InChI=1S/C25H24ClN3O3S/c1-15-12-21(31)24(25(32)28-11-10-27-16(2)30)20-14-22(17-6-4-3-5-7-17)33-23-13-18(26)8-9-19(23)29(15)20/h3-9,12-13,22H,10-11,14H2,1-2H3,(H,27,30)(H,28,32). The van der Waals surface area contributed by atoms with Gasteiger partial charge in [0.2, 0.25) is 5.91 Å². The summed E-state index contributed by atoms with van der Waals surface area (Å²) in [4.78, 5) is 38.3. The van der Waals surface area contributed by atoms with Crippen LogP contribution in [0, 0.1) is 6.92 Å². The molecule has 0 radical (unpaired) electrons. The number of aryl methyl sites for hydroxylation is 1. The smallest absolute Gasteiger partial charge is 0.257 e. The molecule has 2 N–H and O–H groups in total. The maximum Gasteiger partial charge on any atom is 0.257 e. The monoisotopic (exact) mass is 481 g/mol. The lowest BCUT2D eigenvalue weighted by molar-refractivity contribution is -0.118. The number of nitrogens with zero attached hydrogens (tertiary/aromatic N) is 1. The summed E-state index contributed by atoms with van der Waals surface area (Å²) in [6.07, 6.45) is 0.492. The van der Waals surface area contributed by atoms with Gasteiger partial charge in [-0.05, 0) is 30.7 Å². The molecule has 1 unspecified atom stereocenters. The van der Waals surface area contributed by atoms with Gasteiger partial charge in [0.1, 0.15) is 5.56 Å². The van der Waals surface area contributed by atoms with Crippen LogP contribution in [-0.2, 0) is 11.2 Å². The normalized spacial score (nSPS) is 14.6. The van der Waals surface area contributed by atoms with Crippen LogP contribution in [0.3, 0.4) is 0 Å². The molecule has 0 aliphatic carbocycles. The molecule has 1 aromatic heterocycles. The number of hydrogen-bond acceptors (Lipinski definition) is 4. The molecular weight excluding hydrogens is 458 g/mol. The highest BCUT2D eigenvalue weighted by atomic mass is 35.5. The van der Waals surface area contributed by atoms with E-state index in [4.69, 9.17) is 11.6 Å². The second kappa shape index (κ2) is 9.85. The van der Waals surface area contributed by atoms with Crippen LogP contribution in [0.25, 0.3) is 5.69 Å². The lowest BCUT2D eigenvalue weighted by atomic mass is 10.0. The lowest BCUT2D eigenvalue weighted by Crippen LogP contribution is -2.37. The molecule has 0 spiro atoms. The number of hydrogen-bond donors (Lipinski definition) is 2. The second-order valence-corrected chi connectivity index (χ2v) is 9.56. The molecule has 0 saturated heterocycles. The van der Waals surface area contributed by atoms with Crippen molar-refractivity contribution >= 4 is 35.2 Å². The molecule has 2 heterocycles. The summed E-state index contributed by atoms with van der Waals surface area (Å²) in [5, 5.41) is 6.04. The third kappa shape index (κ3) is 4.99. The minimum absolute atomic E-state index is 0.00991. The van der Waals surface area contributed by atoms with Gasteiger partial charge in [-0.2, -0.15) is 0 Å². The van der Waals surface area contributed by atoms with Crippen molar-refractivity contribution in [1.29, 1.82) is 0 Å². The third-order valence-corrected chi connectivity index (χ3v) is 7.03. The number of amides is 2. The Bertz CT molecular complexity index is 1270. The van der Waals surface area contributed by atoms with E-state index in [0.29, 0.717) is 23.7 Å². The lowest BCUT2D eigenvalue weighted by Gasteiger charge is -2.20. The molecular formula is C25H24ClN3O3S. The van der Waals surface area contributed by atoms with Crippen molar-refractivity contribution in [3.8, 4) is 5.69 Å². The number of aromatic nitrogens is 1. The maximum absolute atomic E-state index is 13.1. The van der Waals surface area contributed by atoms with Gasteiger partial charge in [0.25, 0.3) is 5.91 Å². The van der Waals surface area contributed by atoms with E-state index in [9.17, 15) is 14.4 Å². The van der Waals surface area contributed by atoms with Gasteiger partial charge in [-0.25, -0.2) is 0 Å². The van der Waals surface area contributed by atoms with E-state index in [1.165, 1.54) is 13.0 Å². The molecule has 8 heteroatoms. The number of pyridine rings is 1. The van der Waals surface area contributed by atoms with Gasteiger partial charge in [-0.15, -0.1) is 11.8 Å². The first-order chi connectivity index (χ1) is 15.8. The van der Waals surface area contributed by atoms with Crippen LogP contribution < -0.4 is 16.1 Å². The summed E-state index contributed by atoms with van der Waals surface area (Å²) in [7, 11) is 0. The van der Waals surface area contributed by atoms with E-state index in [-0.39, 0.29) is 28.7 Å². The summed E-state index contributed by atoms with van der Waals surface area (Å²) in [5.74, 6) is -0.616. The Hall–Kier alpha value is -3.03. The number of nitrogens with one attached hydrogen (secondary N) is 2. The molecule has 1 atom stereocenters. The minimum atomic E-state index is -0.441. The van der Waals surface area contributed by atoms with Gasteiger partial charge in [-0.1, -0.05) is 41.9 Å². The predicted octanol–water partition coefficient (Wildman–Crippen LogP) is 4.05. The van der Waals surface area contributed by atoms with Crippen LogP contribution in [0.15, 0.2) is 64.3 Å². The Morgan fingerprint density at radius 3 is 2.55 bits per heavy atom. The van der Waals surface area contributed by atoms with E-state index in [1.54, 1.807) is 11.8 Å². The minimum Gasteiger partial charge on any atom is -0.355 e. The van der Waals surface area contributed by atoms with Crippen molar-refractivity contribution in [1.82, 2.24) is 15.2 Å². The SMILES string of the molecule is CC(=O)NCCNC(=O)c1c2n(c(C)cc1=O)-c1ccc(Cl)cc1SC(c1ccccc1)C2. The molecule has 4 rings (SSSR count). The molecule has 0 fully saturated rings. The predicted molar refractivity (Wildman–Crippen MR) is 132 cm³/mol. The summed E-state index contributed by atoms with van der Waals surface area (Å²) >= 11 is 8.00. The van der Waals surface area contributed by atoms with Crippen LogP contribution in [0.1, 0.15) is 39.5 Å². The Morgan fingerprint density at radius 1 is 1.09 bits per heavy atom. The largest absolute Gasteiger partial charge is 0.355 e. The summed E-state index contributed by atoms with van der Waals surface area (Å²) in [6.45, 7) is 3.81. The number of thioether (sulfide) groups is 1. The molecule has 1 aliphatic heterocycles. The second-order valence-electron chi connectivity index (χ2n) is 7.88. The van der Waals surface area contributed by atoms with Crippen molar-refractivity contribution in [3.05, 3.63) is 92.4 Å². The molecule has 170 valence electrons. The van der Waals surface area contributed by atoms with Crippen molar-refractivity contribution in [2.45, 2.75) is 30.4 Å². The molecule has 0 bridgehead atoms. The maximum atomic E-state index is 13.1. The quantitative estimate of drug-likeness (QED) is 0.539. The van der Waals surface area contributed by atoms with Crippen LogP contribution in [-0.4, -0.2) is 29.5 Å². The first kappa shape index (κ1) is 23.1. The Balaban J connectivity index is 1.84. The Kier molecular flexibility index (Phi) is 6.91. The van der Waals surface area contributed by atoms with Crippen molar-refractivity contribution < 1.29 is 9.59 Å². The number of rotatable bonds is 5. The summed E-state index contributed by atoms with van der Waals surface area (Å²) in [5.41, 5.74) is 3.23.